The van der Waals surface area contributed by atoms with Crippen molar-refractivity contribution in [3.8, 4) is 0 Å². The predicted octanol–water partition coefficient (Wildman–Crippen LogP) is 2.79. The molecular formula is C13H19BrN2O2. The number of carbonyl (C=O) groups is 1. The lowest BCUT2D eigenvalue weighted by Gasteiger charge is -2.15. The zero-order chi connectivity index (χ0) is 13.3. The molecule has 0 aliphatic heterocycles. The Morgan fingerprint density at radius 1 is 1.56 bits per heavy atom. The molecule has 18 heavy (non-hydrogen) atoms. The number of carboxylic acid groups (broad SMARTS) is 1. The van der Waals surface area contributed by atoms with Crippen molar-refractivity contribution in [2.45, 2.75) is 39.0 Å². The van der Waals surface area contributed by atoms with Gasteiger partial charge in [-0.25, -0.2) is 0 Å². The molecule has 0 saturated heterocycles. The van der Waals surface area contributed by atoms with Crippen molar-refractivity contribution in [3.05, 3.63) is 15.9 Å². The third-order valence-corrected chi connectivity index (χ3v) is 4.85. The number of carboxylic acids is 1. The van der Waals surface area contributed by atoms with Gasteiger partial charge in [-0.2, -0.15) is 5.10 Å². The maximum Gasteiger partial charge on any atom is 0.306 e. The van der Waals surface area contributed by atoms with E-state index in [1.807, 2.05) is 11.7 Å². The van der Waals surface area contributed by atoms with Crippen LogP contribution < -0.4 is 0 Å². The minimum atomic E-state index is -0.647. The summed E-state index contributed by atoms with van der Waals surface area (Å²) in [5, 5.41) is 13.7. The Hall–Kier alpha value is -0.840. The van der Waals surface area contributed by atoms with Crippen LogP contribution in [0, 0.1) is 11.8 Å². The first-order valence-corrected chi connectivity index (χ1v) is 7.27. The molecule has 5 heteroatoms. The lowest BCUT2D eigenvalue weighted by molar-refractivity contribution is -0.142. The van der Waals surface area contributed by atoms with Gasteiger partial charge in [0.1, 0.15) is 0 Å². The van der Waals surface area contributed by atoms with Gasteiger partial charge in [-0.1, -0.05) is 13.3 Å². The second-order valence-corrected chi connectivity index (χ2v) is 5.82. The first-order chi connectivity index (χ1) is 8.54. The molecule has 1 N–H and O–H groups in total. The van der Waals surface area contributed by atoms with E-state index in [-0.39, 0.29) is 11.8 Å². The molecule has 0 radical (unpaired) electrons. The molecule has 2 unspecified atom stereocenters. The van der Waals surface area contributed by atoms with Gasteiger partial charge in [0.25, 0.3) is 0 Å². The fourth-order valence-electron chi connectivity index (χ4n) is 2.90. The molecule has 100 valence electrons. The van der Waals surface area contributed by atoms with Crippen LogP contribution in [0.1, 0.15) is 37.6 Å². The Morgan fingerprint density at radius 3 is 2.83 bits per heavy atom. The van der Waals surface area contributed by atoms with E-state index in [0.717, 1.165) is 48.0 Å². The van der Waals surface area contributed by atoms with E-state index >= 15 is 0 Å². The van der Waals surface area contributed by atoms with Crippen LogP contribution in [-0.2, 0) is 24.7 Å². The van der Waals surface area contributed by atoms with Gasteiger partial charge in [0, 0.05) is 7.05 Å². The predicted molar refractivity (Wildman–Crippen MR) is 72.5 cm³/mol. The van der Waals surface area contributed by atoms with Crippen LogP contribution in [-0.4, -0.2) is 20.9 Å². The summed E-state index contributed by atoms with van der Waals surface area (Å²) < 4.78 is 2.95. The molecule has 1 aliphatic rings. The van der Waals surface area contributed by atoms with Crippen LogP contribution in [0.25, 0.3) is 0 Å². The van der Waals surface area contributed by atoms with Gasteiger partial charge >= 0.3 is 5.97 Å². The van der Waals surface area contributed by atoms with Crippen LogP contribution in [0.3, 0.4) is 0 Å². The van der Waals surface area contributed by atoms with Crippen molar-refractivity contribution < 1.29 is 9.90 Å². The molecule has 1 aromatic heterocycles. The summed E-state index contributed by atoms with van der Waals surface area (Å²) in [6.45, 7) is 2.08. The monoisotopic (exact) mass is 314 g/mol. The average Bonchev–Trinajstić information content (AvgIpc) is 2.88. The minimum Gasteiger partial charge on any atom is -0.481 e. The largest absolute Gasteiger partial charge is 0.481 e. The Morgan fingerprint density at radius 2 is 2.28 bits per heavy atom. The molecule has 1 aliphatic carbocycles. The Bertz CT molecular complexity index is 456. The first kappa shape index (κ1) is 13.6. The SMILES string of the molecule is CCc1nn(C)c(CC2CCCC2C(=O)O)c1Br. The molecule has 1 aromatic rings. The number of hydrogen-bond donors (Lipinski definition) is 1. The zero-order valence-corrected chi connectivity index (χ0v) is 12.4. The number of halogens is 1. The lowest BCUT2D eigenvalue weighted by Crippen LogP contribution is -2.21. The molecule has 0 aromatic carbocycles. The van der Waals surface area contributed by atoms with Gasteiger partial charge in [-0.05, 0) is 47.5 Å². The van der Waals surface area contributed by atoms with Gasteiger partial charge in [0.15, 0.2) is 0 Å². The van der Waals surface area contributed by atoms with Crippen LogP contribution in [0.5, 0.6) is 0 Å². The molecule has 1 fully saturated rings. The molecule has 0 amide bonds. The standard InChI is InChI=1S/C13H19BrN2O2/c1-3-10-12(14)11(16(2)15-10)7-8-5-4-6-9(8)13(17)18/h8-9H,3-7H2,1-2H3,(H,17,18). The van der Waals surface area contributed by atoms with E-state index in [4.69, 9.17) is 0 Å². The zero-order valence-electron chi connectivity index (χ0n) is 10.8. The molecule has 2 rings (SSSR count). The normalized spacial score (nSPS) is 23.5. The maximum absolute atomic E-state index is 11.2. The first-order valence-electron chi connectivity index (χ1n) is 6.47. The molecule has 1 heterocycles. The second kappa shape index (κ2) is 5.43. The molecule has 2 atom stereocenters. The highest BCUT2D eigenvalue weighted by Crippen LogP contribution is 2.36. The van der Waals surface area contributed by atoms with Crippen molar-refractivity contribution >= 4 is 21.9 Å². The van der Waals surface area contributed by atoms with Gasteiger partial charge in [-0.15, -0.1) is 0 Å². The number of nitrogens with zero attached hydrogens (tertiary/aromatic N) is 2. The number of aryl methyl sites for hydroxylation is 2. The average molecular weight is 315 g/mol. The summed E-state index contributed by atoms with van der Waals surface area (Å²) in [7, 11) is 1.93. The highest BCUT2D eigenvalue weighted by Gasteiger charge is 2.34. The highest BCUT2D eigenvalue weighted by atomic mass is 79.9. The van der Waals surface area contributed by atoms with Crippen LogP contribution in [0.15, 0.2) is 4.47 Å². The van der Waals surface area contributed by atoms with Crippen molar-refractivity contribution in [3.63, 3.8) is 0 Å². The summed E-state index contributed by atoms with van der Waals surface area (Å²) in [5.41, 5.74) is 2.18. The summed E-state index contributed by atoms with van der Waals surface area (Å²) in [6, 6.07) is 0. The number of hydrogen-bond acceptors (Lipinski definition) is 2. The van der Waals surface area contributed by atoms with Gasteiger partial charge in [0.2, 0.25) is 0 Å². The molecule has 0 bridgehead atoms. The number of rotatable bonds is 4. The summed E-state index contributed by atoms with van der Waals surface area (Å²) in [5.74, 6) is -0.581. The van der Waals surface area contributed by atoms with Crippen LogP contribution >= 0.6 is 15.9 Å². The van der Waals surface area contributed by atoms with Crippen molar-refractivity contribution in [1.82, 2.24) is 9.78 Å². The third kappa shape index (κ3) is 2.46. The molecule has 1 saturated carbocycles. The third-order valence-electron chi connectivity index (χ3n) is 3.93. The van der Waals surface area contributed by atoms with Crippen LogP contribution in [0.4, 0.5) is 0 Å². The minimum absolute atomic E-state index is 0.183. The van der Waals surface area contributed by atoms with E-state index in [9.17, 15) is 9.90 Å². The van der Waals surface area contributed by atoms with E-state index < -0.39 is 5.97 Å². The molecule has 4 nitrogen and oxygen atoms in total. The van der Waals surface area contributed by atoms with Crippen molar-refractivity contribution in [2.24, 2.45) is 18.9 Å². The van der Waals surface area contributed by atoms with Crippen LogP contribution in [0.2, 0.25) is 0 Å². The van der Waals surface area contributed by atoms with E-state index in [1.165, 1.54) is 0 Å². The molecular weight excluding hydrogens is 296 g/mol. The van der Waals surface area contributed by atoms with Crippen molar-refractivity contribution in [1.29, 1.82) is 0 Å². The van der Waals surface area contributed by atoms with Gasteiger partial charge in [-0.3, -0.25) is 9.48 Å². The van der Waals surface area contributed by atoms with E-state index in [0.29, 0.717) is 0 Å². The number of aliphatic carboxylic acids is 1. The Labute approximate surface area is 116 Å². The quantitative estimate of drug-likeness (QED) is 0.929. The smallest absolute Gasteiger partial charge is 0.306 e. The lowest BCUT2D eigenvalue weighted by atomic mass is 9.91. The maximum atomic E-state index is 11.2. The topological polar surface area (TPSA) is 55.1 Å². The fraction of sp³-hybridized carbons (Fsp3) is 0.692. The summed E-state index contributed by atoms with van der Waals surface area (Å²) in [4.78, 5) is 11.2. The fourth-order valence-corrected chi connectivity index (χ4v) is 3.67. The second-order valence-electron chi connectivity index (χ2n) is 5.02. The summed E-state index contributed by atoms with van der Waals surface area (Å²) >= 11 is 3.60. The van der Waals surface area contributed by atoms with E-state index in [2.05, 4.69) is 28.0 Å². The Kier molecular flexibility index (Phi) is 4.10. The Balaban J connectivity index is 2.19. The van der Waals surface area contributed by atoms with Gasteiger partial charge in [0.05, 0.1) is 21.8 Å². The summed E-state index contributed by atoms with van der Waals surface area (Å²) in [6.07, 6.45) is 4.55. The van der Waals surface area contributed by atoms with Crippen molar-refractivity contribution in [2.75, 3.05) is 0 Å². The van der Waals surface area contributed by atoms with E-state index in [1.54, 1.807) is 0 Å². The van der Waals surface area contributed by atoms with Gasteiger partial charge < -0.3 is 5.11 Å². The number of aromatic nitrogens is 2. The molecule has 0 spiro atoms. The highest BCUT2D eigenvalue weighted by molar-refractivity contribution is 9.10.